The van der Waals surface area contributed by atoms with Crippen molar-refractivity contribution in [2.45, 2.75) is 31.3 Å². The smallest absolute Gasteiger partial charge is 0.370 e. The second-order valence-corrected chi connectivity index (χ2v) is 6.21. The number of aldehydes is 1. The highest BCUT2D eigenvalue weighted by molar-refractivity contribution is 5.89. The first kappa shape index (κ1) is 20.8. The molecule has 1 aliphatic carbocycles. The van der Waals surface area contributed by atoms with Crippen molar-refractivity contribution in [2.75, 3.05) is 30.8 Å². The molecule has 0 unspecified atom stereocenters. The molecule has 0 saturated heterocycles. The molecular weight excluding hydrogens is 366 g/mol. The number of hydrogen-bond donors (Lipinski definition) is 5. The van der Waals surface area contributed by atoms with Gasteiger partial charge in [-0.2, -0.15) is 0 Å². The zero-order valence-corrected chi connectivity index (χ0v) is 14.7. The molecule has 0 radical (unpaired) electrons. The van der Waals surface area contributed by atoms with Gasteiger partial charge in [0, 0.05) is 12.6 Å². The fraction of sp³-hybridized carbons (Fsp3) is 0.500. The normalized spacial score (nSPS) is 18.3. The van der Waals surface area contributed by atoms with Crippen LogP contribution in [-0.4, -0.2) is 58.8 Å². The maximum Gasteiger partial charge on any atom is 0.370 e. The fourth-order valence-electron chi connectivity index (χ4n) is 2.00. The Hall–Kier alpha value is -2.50. The van der Waals surface area contributed by atoms with Gasteiger partial charge in [0.05, 0.1) is 24.1 Å². The summed E-state index contributed by atoms with van der Waals surface area (Å²) >= 11 is 0. The third-order valence-corrected chi connectivity index (χ3v) is 3.59. The van der Waals surface area contributed by atoms with Crippen molar-refractivity contribution in [3.63, 3.8) is 0 Å². The van der Waals surface area contributed by atoms with Gasteiger partial charge in [-0.15, -0.1) is 0 Å². The number of pyridine rings is 1. The number of nitrogens with one attached hydrogen (secondary N) is 1. The van der Waals surface area contributed by atoms with E-state index in [1.54, 1.807) is 0 Å². The lowest BCUT2D eigenvalue weighted by molar-refractivity contribution is -0.308. The standard InChI is InChI=1S/C13H16F2N4O5.C3H6/c1-19(13(21,22)23)11-8(2-7(16)3-17-11)10-9(4-20)24-6-12(14,15)5-18-10;1-2-3-1/h2-4,18,21-23H,5-6,16H2,1H3;1-3H2. The predicted molar refractivity (Wildman–Crippen MR) is 92.2 cm³/mol. The Morgan fingerprint density at radius 2 is 2.00 bits per heavy atom. The number of nitrogens with two attached hydrogens (primary N) is 1. The summed E-state index contributed by atoms with van der Waals surface area (Å²) in [4.78, 5) is 15.6. The molecule has 0 atom stereocenters. The van der Waals surface area contributed by atoms with Gasteiger partial charge in [-0.05, 0) is 6.07 Å². The minimum absolute atomic E-state index is 0.0428. The third kappa shape index (κ3) is 5.74. The fourth-order valence-corrected chi connectivity index (χ4v) is 2.00. The van der Waals surface area contributed by atoms with Crippen molar-refractivity contribution in [3.8, 4) is 0 Å². The number of halogens is 2. The van der Waals surface area contributed by atoms with E-state index >= 15 is 0 Å². The van der Waals surface area contributed by atoms with Gasteiger partial charge in [-0.25, -0.2) is 13.8 Å². The molecule has 27 heavy (non-hydrogen) atoms. The number of hydrogen-bond acceptors (Lipinski definition) is 9. The van der Waals surface area contributed by atoms with Crippen molar-refractivity contribution in [1.82, 2.24) is 10.3 Å². The highest BCUT2D eigenvalue weighted by Crippen LogP contribution is 2.31. The number of aliphatic hydroxyl groups is 3. The summed E-state index contributed by atoms with van der Waals surface area (Å²) in [5.74, 6) is -3.91. The highest BCUT2D eigenvalue weighted by Gasteiger charge is 2.36. The number of carbonyl (C=O) groups excluding carboxylic acids is 1. The summed E-state index contributed by atoms with van der Waals surface area (Å²) < 4.78 is 31.8. The molecule has 150 valence electrons. The van der Waals surface area contributed by atoms with Gasteiger partial charge in [-0.3, -0.25) is 9.69 Å². The number of anilines is 2. The lowest BCUT2D eigenvalue weighted by Gasteiger charge is -2.29. The molecule has 1 aromatic heterocycles. The van der Waals surface area contributed by atoms with Crippen molar-refractivity contribution in [2.24, 2.45) is 0 Å². The van der Waals surface area contributed by atoms with E-state index in [4.69, 9.17) is 10.5 Å². The van der Waals surface area contributed by atoms with E-state index in [9.17, 15) is 28.9 Å². The highest BCUT2D eigenvalue weighted by atomic mass is 19.3. The molecule has 0 bridgehead atoms. The van der Waals surface area contributed by atoms with E-state index in [1.165, 1.54) is 25.3 Å². The molecule has 11 heteroatoms. The minimum Gasteiger partial charge on any atom is -0.482 e. The van der Waals surface area contributed by atoms with Gasteiger partial charge in [0.25, 0.3) is 5.92 Å². The molecule has 9 nitrogen and oxygen atoms in total. The average Bonchev–Trinajstić information content (AvgIpc) is 3.44. The Balaban J connectivity index is 0.000000789. The second-order valence-electron chi connectivity index (χ2n) is 6.21. The van der Waals surface area contributed by atoms with Gasteiger partial charge in [0.1, 0.15) is 5.82 Å². The van der Waals surface area contributed by atoms with Crippen LogP contribution in [-0.2, 0) is 9.53 Å². The number of alkyl halides is 2. The van der Waals surface area contributed by atoms with Crippen LogP contribution in [0.5, 0.6) is 0 Å². The first-order valence-electron chi connectivity index (χ1n) is 8.16. The zero-order chi connectivity index (χ0) is 20.2. The Labute approximate surface area is 154 Å². The van der Waals surface area contributed by atoms with Crippen LogP contribution in [0.25, 0.3) is 5.70 Å². The molecule has 2 aliphatic rings. The first-order chi connectivity index (χ1) is 12.5. The van der Waals surface area contributed by atoms with E-state index in [1.807, 2.05) is 0 Å². The lowest BCUT2D eigenvalue weighted by Crippen LogP contribution is -2.47. The summed E-state index contributed by atoms with van der Waals surface area (Å²) in [5, 5.41) is 30.3. The first-order valence-corrected chi connectivity index (χ1v) is 8.16. The Kier molecular flexibility index (Phi) is 6.19. The van der Waals surface area contributed by atoms with Crippen LogP contribution >= 0.6 is 0 Å². The maximum atomic E-state index is 13.5. The lowest BCUT2D eigenvalue weighted by atomic mass is 10.1. The molecule has 0 aromatic carbocycles. The van der Waals surface area contributed by atoms with Crippen LogP contribution < -0.4 is 16.0 Å². The van der Waals surface area contributed by atoms with Crippen LogP contribution in [0.4, 0.5) is 20.3 Å². The van der Waals surface area contributed by atoms with Gasteiger partial charge >= 0.3 is 6.10 Å². The zero-order valence-electron chi connectivity index (χ0n) is 14.7. The molecule has 1 aliphatic heterocycles. The van der Waals surface area contributed by atoms with Gasteiger partial charge in [-0.1, -0.05) is 19.3 Å². The van der Waals surface area contributed by atoms with E-state index in [0.29, 0.717) is 4.90 Å². The minimum atomic E-state index is -3.28. The molecule has 6 N–H and O–H groups in total. The Morgan fingerprint density at radius 1 is 1.37 bits per heavy atom. The van der Waals surface area contributed by atoms with E-state index in [2.05, 4.69) is 10.3 Å². The monoisotopic (exact) mass is 388 g/mol. The Morgan fingerprint density at radius 3 is 2.52 bits per heavy atom. The van der Waals surface area contributed by atoms with E-state index < -0.39 is 30.9 Å². The molecular formula is C16H22F2N4O5. The van der Waals surface area contributed by atoms with Crippen molar-refractivity contribution in [1.29, 1.82) is 0 Å². The largest absolute Gasteiger partial charge is 0.482 e. The number of ether oxygens (including phenoxy) is 1. The number of aromatic nitrogens is 1. The van der Waals surface area contributed by atoms with E-state index in [0.717, 1.165) is 13.2 Å². The number of nitrogens with zero attached hydrogens (tertiary/aromatic N) is 2. The number of rotatable bonds is 4. The Bertz CT molecular complexity index is 716. The summed E-state index contributed by atoms with van der Waals surface area (Å²) in [7, 11) is 1.08. The molecule has 1 fully saturated rings. The van der Waals surface area contributed by atoms with Gasteiger partial charge in [0.15, 0.2) is 18.7 Å². The van der Waals surface area contributed by atoms with Gasteiger partial charge < -0.3 is 31.1 Å². The average molecular weight is 388 g/mol. The number of nitrogen functional groups attached to an aromatic ring is 1. The van der Waals surface area contributed by atoms with Crippen molar-refractivity contribution < 1.29 is 33.6 Å². The predicted octanol–water partition coefficient (Wildman–Crippen LogP) is -0.0189. The topological polar surface area (TPSA) is 141 Å². The quantitative estimate of drug-likeness (QED) is 0.355. The van der Waals surface area contributed by atoms with Crippen LogP contribution in [0.2, 0.25) is 0 Å². The van der Waals surface area contributed by atoms with Crippen molar-refractivity contribution in [3.05, 3.63) is 23.6 Å². The molecule has 0 spiro atoms. The number of allylic oxidation sites excluding steroid dienone is 1. The van der Waals surface area contributed by atoms with Gasteiger partial charge in [0.2, 0.25) is 0 Å². The van der Waals surface area contributed by atoms with Crippen LogP contribution in [0.1, 0.15) is 24.8 Å². The molecule has 1 saturated carbocycles. The summed E-state index contributed by atoms with van der Waals surface area (Å²) in [6.45, 7) is -1.84. The maximum absolute atomic E-state index is 13.5. The van der Waals surface area contributed by atoms with Crippen LogP contribution in [0.3, 0.4) is 0 Å². The molecule has 1 aromatic rings. The molecule has 0 amide bonds. The van der Waals surface area contributed by atoms with Crippen molar-refractivity contribution >= 4 is 23.5 Å². The SMILES string of the molecule is C1CC1.CN(c1ncc(N)cc1C1=C(C=O)OCC(F)(F)CN1)C(O)(O)O. The van der Waals surface area contributed by atoms with Crippen LogP contribution in [0, 0.1) is 0 Å². The summed E-state index contributed by atoms with van der Waals surface area (Å²) in [5.41, 5.74) is 5.52. The summed E-state index contributed by atoms with van der Waals surface area (Å²) in [6, 6.07) is 1.25. The second kappa shape index (κ2) is 8.03. The summed E-state index contributed by atoms with van der Waals surface area (Å²) in [6.07, 6.45) is 2.59. The van der Waals surface area contributed by atoms with E-state index in [-0.39, 0.29) is 29.1 Å². The molecule has 2 heterocycles. The third-order valence-electron chi connectivity index (χ3n) is 3.59. The molecule has 3 rings (SSSR count). The van der Waals surface area contributed by atoms with Crippen LogP contribution in [0.15, 0.2) is 18.0 Å². The number of carbonyl (C=O) groups is 1.